The second-order valence-corrected chi connectivity index (χ2v) is 6.75. The van der Waals surface area contributed by atoms with Crippen molar-refractivity contribution >= 4 is 5.96 Å². The average molecular weight is 351 g/mol. The number of nitrogens with zero attached hydrogens (tertiary/aromatic N) is 5. The predicted molar refractivity (Wildman–Crippen MR) is 103 cm³/mol. The molecule has 1 saturated heterocycles. The highest BCUT2D eigenvalue weighted by atomic mass is 15.3. The molecular formula is C19H25N7. The number of benzene rings is 1. The lowest BCUT2D eigenvalue weighted by Gasteiger charge is -2.25. The van der Waals surface area contributed by atoms with Gasteiger partial charge in [0.2, 0.25) is 0 Å². The van der Waals surface area contributed by atoms with Crippen LogP contribution < -0.4 is 5.32 Å². The number of nitrogens with one attached hydrogen (secondary N) is 2. The third-order valence-corrected chi connectivity index (χ3v) is 5.10. The minimum absolute atomic E-state index is 0.623. The van der Waals surface area contributed by atoms with Crippen LogP contribution in [0.3, 0.4) is 0 Å². The van der Waals surface area contributed by atoms with Crippen molar-refractivity contribution in [3.63, 3.8) is 0 Å². The second-order valence-electron chi connectivity index (χ2n) is 6.75. The van der Waals surface area contributed by atoms with E-state index < -0.39 is 0 Å². The van der Waals surface area contributed by atoms with E-state index in [-0.39, 0.29) is 0 Å². The van der Waals surface area contributed by atoms with Gasteiger partial charge in [-0.1, -0.05) is 30.4 Å². The number of guanidine groups is 1. The SMILES string of the molecule is CN=C(NCc1cccc(-c2ncn[nH]2)c1)N1CCC(N2CC=CC2)C1. The van der Waals surface area contributed by atoms with Crippen LogP contribution in [0.15, 0.2) is 47.7 Å². The van der Waals surface area contributed by atoms with Crippen LogP contribution in [0.1, 0.15) is 12.0 Å². The molecule has 1 aromatic carbocycles. The first-order chi connectivity index (χ1) is 12.8. The Morgan fingerprint density at radius 2 is 2.23 bits per heavy atom. The molecule has 1 atom stereocenters. The van der Waals surface area contributed by atoms with Crippen molar-refractivity contribution in [2.24, 2.45) is 4.99 Å². The van der Waals surface area contributed by atoms with Crippen LogP contribution in [0, 0.1) is 0 Å². The van der Waals surface area contributed by atoms with E-state index in [1.165, 1.54) is 18.3 Å². The minimum Gasteiger partial charge on any atom is -0.352 e. The van der Waals surface area contributed by atoms with Crippen LogP contribution in [-0.2, 0) is 6.54 Å². The fraction of sp³-hybridized carbons (Fsp3) is 0.421. The largest absolute Gasteiger partial charge is 0.352 e. The Morgan fingerprint density at radius 1 is 1.35 bits per heavy atom. The number of hydrogen-bond acceptors (Lipinski definition) is 4. The summed E-state index contributed by atoms with van der Waals surface area (Å²) in [5, 5.41) is 10.3. The smallest absolute Gasteiger partial charge is 0.193 e. The molecule has 2 aliphatic heterocycles. The summed E-state index contributed by atoms with van der Waals surface area (Å²) in [7, 11) is 1.86. The molecular weight excluding hydrogens is 326 g/mol. The van der Waals surface area contributed by atoms with Crippen molar-refractivity contribution in [3.05, 3.63) is 48.3 Å². The monoisotopic (exact) mass is 351 g/mol. The minimum atomic E-state index is 0.623. The van der Waals surface area contributed by atoms with Crippen molar-refractivity contribution in [2.75, 3.05) is 33.2 Å². The predicted octanol–water partition coefficient (Wildman–Crippen LogP) is 1.49. The highest BCUT2D eigenvalue weighted by molar-refractivity contribution is 5.80. The van der Waals surface area contributed by atoms with E-state index in [1.54, 1.807) is 0 Å². The van der Waals surface area contributed by atoms with Gasteiger partial charge in [0, 0.05) is 51.4 Å². The Morgan fingerprint density at radius 3 is 3.00 bits per heavy atom. The summed E-state index contributed by atoms with van der Waals surface area (Å²) in [6.45, 7) is 5.00. The lowest BCUT2D eigenvalue weighted by Crippen LogP contribution is -2.42. The Bertz CT molecular complexity index is 773. The van der Waals surface area contributed by atoms with Crippen molar-refractivity contribution in [1.82, 2.24) is 30.3 Å². The molecule has 1 fully saturated rings. The van der Waals surface area contributed by atoms with Crippen molar-refractivity contribution < 1.29 is 0 Å². The molecule has 2 N–H and O–H groups in total. The first-order valence-corrected chi connectivity index (χ1v) is 9.13. The Balaban J connectivity index is 1.35. The molecule has 1 unspecified atom stereocenters. The van der Waals surface area contributed by atoms with E-state index >= 15 is 0 Å². The highest BCUT2D eigenvalue weighted by Gasteiger charge is 2.29. The van der Waals surface area contributed by atoms with E-state index in [2.05, 4.69) is 59.6 Å². The molecule has 0 saturated carbocycles. The van der Waals surface area contributed by atoms with Gasteiger partial charge in [-0.3, -0.25) is 15.0 Å². The van der Waals surface area contributed by atoms with Crippen LogP contribution >= 0.6 is 0 Å². The fourth-order valence-corrected chi connectivity index (χ4v) is 3.71. The Kier molecular flexibility index (Phi) is 4.97. The van der Waals surface area contributed by atoms with Gasteiger partial charge in [0.1, 0.15) is 6.33 Å². The molecule has 26 heavy (non-hydrogen) atoms. The standard InChI is InChI=1S/C19H25N7/c1-20-19(26-10-7-17(13-26)25-8-2-3-9-25)21-12-15-5-4-6-16(11-15)18-22-14-23-24-18/h2-6,11,14,17H,7-10,12-13H2,1H3,(H,20,21)(H,22,23,24). The lowest BCUT2D eigenvalue weighted by atomic mass is 10.1. The summed E-state index contributed by atoms with van der Waals surface area (Å²) in [6, 6.07) is 8.95. The lowest BCUT2D eigenvalue weighted by molar-refractivity contribution is 0.259. The van der Waals surface area contributed by atoms with Crippen LogP contribution in [0.4, 0.5) is 0 Å². The zero-order valence-corrected chi connectivity index (χ0v) is 15.1. The molecule has 0 spiro atoms. The molecule has 7 heteroatoms. The Hall–Kier alpha value is -2.67. The molecule has 0 aliphatic carbocycles. The Labute approximate surface area is 153 Å². The number of likely N-dealkylation sites (tertiary alicyclic amines) is 1. The number of H-pyrrole nitrogens is 1. The van der Waals surface area contributed by atoms with E-state index in [1.807, 2.05) is 19.2 Å². The van der Waals surface area contributed by atoms with Gasteiger partial charge in [0.25, 0.3) is 0 Å². The number of hydrogen-bond donors (Lipinski definition) is 2. The van der Waals surface area contributed by atoms with Gasteiger partial charge >= 0.3 is 0 Å². The molecule has 0 amide bonds. The molecule has 2 aromatic rings. The maximum atomic E-state index is 4.49. The quantitative estimate of drug-likeness (QED) is 0.496. The summed E-state index contributed by atoms with van der Waals surface area (Å²) < 4.78 is 0. The van der Waals surface area contributed by atoms with Gasteiger partial charge in [0.05, 0.1) is 0 Å². The number of rotatable bonds is 4. The van der Waals surface area contributed by atoms with Crippen molar-refractivity contribution in [3.8, 4) is 11.4 Å². The molecule has 0 bridgehead atoms. The van der Waals surface area contributed by atoms with Gasteiger partial charge < -0.3 is 10.2 Å². The fourth-order valence-electron chi connectivity index (χ4n) is 3.71. The maximum absolute atomic E-state index is 4.49. The summed E-state index contributed by atoms with van der Waals surface area (Å²) in [5.41, 5.74) is 2.24. The zero-order chi connectivity index (χ0) is 17.8. The van der Waals surface area contributed by atoms with E-state index in [0.717, 1.165) is 50.1 Å². The molecule has 1 aromatic heterocycles. The summed E-state index contributed by atoms with van der Waals surface area (Å²) in [5.74, 6) is 1.77. The first-order valence-electron chi connectivity index (χ1n) is 9.13. The average Bonchev–Trinajstić information content (AvgIpc) is 3.43. The summed E-state index contributed by atoms with van der Waals surface area (Å²) >= 11 is 0. The van der Waals surface area contributed by atoms with E-state index in [9.17, 15) is 0 Å². The second kappa shape index (κ2) is 7.70. The summed E-state index contributed by atoms with van der Waals surface area (Å²) in [6.07, 6.45) is 7.25. The van der Waals surface area contributed by atoms with Crippen molar-refractivity contribution in [1.29, 1.82) is 0 Å². The van der Waals surface area contributed by atoms with E-state index in [4.69, 9.17) is 0 Å². The third kappa shape index (κ3) is 3.62. The molecule has 3 heterocycles. The van der Waals surface area contributed by atoms with Crippen LogP contribution in [-0.4, -0.2) is 70.2 Å². The van der Waals surface area contributed by atoms with Crippen molar-refractivity contribution in [2.45, 2.75) is 19.0 Å². The van der Waals surface area contributed by atoms with Gasteiger partial charge in [0.15, 0.2) is 11.8 Å². The summed E-state index contributed by atoms with van der Waals surface area (Å²) in [4.78, 5) is 13.6. The topological polar surface area (TPSA) is 72.4 Å². The van der Waals surface area contributed by atoms with Crippen LogP contribution in [0.25, 0.3) is 11.4 Å². The van der Waals surface area contributed by atoms with Crippen LogP contribution in [0.2, 0.25) is 0 Å². The molecule has 7 nitrogen and oxygen atoms in total. The molecule has 0 radical (unpaired) electrons. The van der Waals surface area contributed by atoms with Gasteiger partial charge in [-0.05, 0) is 18.1 Å². The van der Waals surface area contributed by atoms with Gasteiger partial charge in [-0.25, -0.2) is 4.98 Å². The maximum Gasteiger partial charge on any atom is 0.193 e. The normalized spacial score (nSPS) is 20.9. The third-order valence-electron chi connectivity index (χ3n) is 5.10. The molecule has 2 aliphatic rings. The first kappa shape index (κ1) is 16.8. The zero-order valence-electron chi connectivity index (χ0n) is 15.1. The number of aliphatic imine (C=N–C) groups is 1. The van der Waals surface area contributed by atoms with E-state index in [0.29, 0.717) is 6.04 Å². The number of aromatic amines is 1. The molecule has 136 valence electrons. The number of aromatic nitrogens is 3. The van der Waals surface area contributed by atoms with Gasteiger partial charge in [-0.2, -0.15) is 5.10 Å². The van der Waals surface area contributed by atoms with Crippen LogP contribution in [0.5, 0.6) is 0 Å². The highest BCUT2D eigenvalue weighted by Crippen LogP contribution is 2.18. The molecule has 4 rings (SSSR count). The van der Waals surface area contributed by atoms with Gasteiger partial charge in [-0.15, -0.1) is 0 Å².